The predicted molar refractivity (Wildman–Crippen MR) is 82.7 cm³/mol. The molecule has 0 radical (unpaired) electrons. The Balaban J connectivity index is 2.03. The van der Waals surface area contributed by atoms with Crippen LogP contribution in [0.1, 0.15) is 0 Å². The lowest BCUT2D eigenvalue weighted by molar-refractivity contribution is 0.475. The number of nitrogens with zero attached hydrogens (tertiary/aromatic N) is 1. The molecule has 0 spiro atoms. The Morgan fingerprint density at radius 2 is 1.50 bits per heavy atom. The van der Waals surface area contributed by atoms with Gasteiger partial charge in [0, 0.05) is 11.9 Å². The smallest absolute Gasteiger partial charge is 0.294 e. The standard InChI is InChI=1S/C16H13NO4S/c18-14-7-5-13(6-8-14)17-11-1-2-16(17)12-3-9-15(10-4-12)22(19,20)21/h1-11,18H,(H,19,20,21). The third kappa shape index (κ3) is 2.74. The van der Waals surface area contributed by atoms with E-state index >= 15 is 0 Å². The van der Waals surface area contributed by atoms with E-state index in [1.807, 2.05) is 22.9 Å². The first-order valence-electron chi connectivity index (χ1n) is 6.50. The third-order valence-corrected chi connectivity index (χ3v) is 4.19. The molecule has 5 nitrogen and oxygen atoms in total. The van der Waals surface area contributed by atoms with Crippen molar-refractivity contribution in [3.63, 3.8) is 0 Å². The number of rotatable bonds is 3. The maximum Gasteiger partial charge on any atom is 0.294 e. The average Bonchev–Trinajstić information content (AvgIpc) is 2.97. The van der Waals surface area contributed by atoms with E-state index in [-0.39, 0.29) is 10.6 Å². The van der Waals surface area contributed by atoms with Crippen LogP contribution in [0.5, 0.6) is 5.75 Å². The molecule has 3 aromatic rings. The Hall–Kier alpha value is -2.57. The molecule has 0 unspecified atom stereocenters. The average molecular weight is 315 g/mol. The van der Waals surface area contributed by atoms with Gasteiger partial charge in [-0.3, -0.25) is 4.55 Å². The van der Waals surface area contributed by atoms with Crippen LogP contribution in [-0.2, 0) is 10.1 Å². The molecule has 112 valence electrons. The van der Waals surface area contributed by atoms with Crippen molar-refractivity contribution in [3.05, 3.63) is 66.9 Å². The molecule has 0 fully saturated rings. The van der Waals surface area contributed by atoms with Crippen LogP contribution in [0.25, 0.3) is 16.9 Å². The molecule has 0 amide bonds. The van der Waals surface area contributed by atoms with Gasteiger partial charge in [-0.25, -0.2) is 0 Å². The molecule has 3 rings (SSSR count). The second kappa shape index (κ2) is 5.32. The Morgan fingerprint density at radius 1 is 0.864 bits per heavy atom. The molecule has 0 aliphatic carbocycles. The summed E-state index contributed by atoms with van der Waals surface area (Å²) in [6, 6.07) is 16.5. The van der Waals surface area contributed by atoms with E-state index in [2.05, 4.69) is 0 Å². The zero-order valence-corrected chi connectivity index (χ0v) is 12.2. The minimum absolute atomic E-state index is 0.140. The molecule has 6 heteroatoms. The van der Waals surface area contributed by atoms with Crippen molar-refractivity contribution < 1.29 is 18.1 Å². The summed E-state index contributed by atoms with van der Waals surface area (Å²) < 4.78 is 33.1. The highest BCUT2D eigenvalue weighted by Gasteiger charge is 2.11. The van der Waals surface area contributed by atoms with Crippen molar-refractivity contribution >= 4 is 10.1 Å². The van der Waals surface area contributed by atoms with Gasteiger partial charge in [-0.15, -0.1) is 0 Å². The van der Waals surface area contributed by atoms with Crippen molar-refractivity contribution in [1.29, 1.82) is 0 Å². The van der Waals surface area contributed by atoms with Crippen LogP contribution in [-0.4, -0.2) is 22.6 Å². The molecule has 1 aromatic heterocycles. The van der Waals surface area contributed by atoms with Gasteiger partial charge in [-0.2, -0.15) is 8.42 Å². The SMILES string of the molecule is O=S(=O)(O)c1ccc(-c2cccn2-c2ccc(O)cc2)cc1. The van der Waals surface area contributed by atoms with E-state index < -0.39 is 10.1 Å². The van der Waals surface area contributed by atoms with Crippen molar-refractivity contribution in [1.82, 2.24) is 4.57 Å². The lowest BCUT2D eigenvalue weighted by Gasteiger charge is -2.10. The molecular formula is C16H13NO4S. The Labute approximate surface area is 127 Å². The van der Waals surface area contributed by atoms with Crippen molar-refractivity contribution in [2.75, 3.05) is 0 Å². The summed E-state index contributed by atoms with van der Waals surface area (Å²) in [6.45, 7) is 0. The number of hydrogen-bond donors (Lipinski definition) is 2. The molecule has 0 atom stereocenters. The van der Waals surface area contributed by atoms with Gasteiger partial charge in [0.05, 0.1) is 10.6 Å². The molecule has 0 saturated heterocycles. The van der Waals surface area contributed by atoms with Crippen molar-refractivity contribution in [3.8, 4) is 22.7 Å². The van der Waals surface area contributed by atoms with E-state index in [1.165, 1.54) is 12.1 Å². The van der Waals surface area contributed by atoms with Crippen LogP contribution in [0.4, 0.5) is 0 Å². The first-order chi connectivity index (χ1) is 10.4. The molecule has 2 aromatic carbocycles. The fraction of sp³-hybridized carbons (Fsp3) is 0. The maximum atomic E-state index is 11.1. The van der Waals surface area contributed by atoms with Crippen LogP contribution >= 0.6 is 0 Å². The fourth-order valence-electron chi connectivity index (χ4n) is 2.25. The lowest BCUT2D eigenvalue weighted by atomic mass is 10.1. The topological polar surface area (TPSA) is 79.5 Å². The molecule has 22 heavy (non-hydrogen) atoms. The first-order valence-corrected chi connectivity index (χ1v) is 7.94. The van der Waals surface area contributed by atoms with Gasteiger partial charge >= 0.3 is 0 Å². The Kier molecular flexibility index (Phi) is 3.48. The van der Waals surface area contributed by atoms with Crippen molar-refractivity contribution in [2.24, 2.45) is 0 Å². The molecule has 0 bridgehead atoms. The van der Waals surface area contributed by atoms with Gasteiger partial charge in [0.25, 0.3) is 10.1 Å². The molecule has 2 N–H and O–H groups in total. The molecule has 0 aliphatic heterocycles. The highest BCUT2D eigenvalue weighted by Crippen LogP contribution is 2.25. The summed E-state index contributed by atoms with van der Waals surface area (Å²) in [6.07, 6.45) is 1.87. The number of hydrogen-bond acceptors (Lipinski definition) is 3. The first kappa shape index (κ1) is 14.4. The second-order valence-electron chi connectivity index (χ2n) is 4.78. The monoisotopic (exact) mass is 315 g/mol. The highest BCUT2D eigenvalue weighted by molar-refractivity contribution is 7.85. The summed E-state index contributed by atoms with van der Waals surface area (Å²) in [5.74, 6) is 0.190. The number of phenols is 1. The quantitative estimate of drug-likeness (QED) is 0.728. The van der Waals surface area contributed by atoms with E-state index in [1.54, 1.807) is 36.4 Å². The second-order valence-corrected chi connectivity index (χ2v) is 6.20. The van der Waals surface area contributed by atoms with Gasteiger partial charge in [-0.1, -0.05) is 12.1 Å². The summed E-state index contributed by atoms with van der Waals surface area (Å²) in [4.78, 5) is -0.140. The number of aromatic hydroxyl groups is 1. The summed E-state index contributed by atoms with van der Waals surface area (Å²) in [5, 5.41) is 9.36. The molecule has 1 heterocycles. The third-order valence-electron chi connectivity index (χ3n) is 3.32. The van der Waals surface area contributed by atoms with Gasteiger partial charge in [0.1, 0.15) is 5.75 Å². The summed E-state index contributed by atoms with van der Waals surface area (Å²) in [5.41, 5.74) is 2.55. The van der Waals surface area contributed by atoms with E-state index in [4.69, 9.17) is 4.55 Å². The normalized spacial score (nSPS) is 11.5. The molecular weight excluding hydrogens is 302 g/mol. The van der Waals surface area contributed by atoms with E-state index in [0.29, 0.717) is 0 Å². The van der Waals surface area contributed by atoms with E-state index in [0.717, 1.165) is 16.9 Å². The van der Waals surface area contributed by atoms with Gasteiger partial charge in [0.2, 0.25) is 0 Å². The van der Waals surface area contributed by atoms with Gasteiger partial charge in [-0.05, 0) is 54.1 Å². The number of aromatic nitrogens is 1. The number of benzene rings is 2. The predicted octanol–water partition coefficient (Wildman–Crippen LogP) is 3.10. The lowest BCUT2D eigenvalue weighted by Crippen LogP contribution is -1.98. The zero-order valence-electron chi connectivity index (χ0n) is 11.4. The van der Waals surface area contributed by atoms with Crippen LogP contribution in [0, 0.1) is 0 Å². The van der Waals surface area contributed by atoms with E-state index in [9.17, 15) is 13.5 Å². The summed E-state index contributed by atoms with van der Waals surface area (Å²) in [7, 11) is -4.19. The van der Waals surface area contributed by atoms with Crippen molar-refractivity contribution in [2.45, 2.75) is 4.90 Å². The van der Waals surface area contributed by atoms with Crippen LogP contribution in [0.15, 0.2) is 71.8 Å². The number of phenolic OH excluding ortho intramolecular Hbond substituents is 1. The molecule has 0 aliphatic rings. The van der Waals surface area contributed by atoms with Crippen LogP contribution < -0.4 is 0 Å². The van der Waals surface area contributed by atoms with Gasteiger partial charge < -0.3 is 9.67 Å². The Morgan fingerprint density at radius 3 is 2.09 bits per heavy atom. The largest absolute Gasteiger partial charge is 0.508 e. The van der Waals surface area contributed by atoms with Crippen LogP contribution in [0.3, 0.4) is 0 Å². The zero-order chi connectivity index (χ0) is 15.7. The summed E-state index contributed by atoms with van der Waals surface area (Å²) >= 11 is 0. The minimum atomic E-state index is -4.19. The maximum absolute atomic E-state index is 11.1. The fourth-order valence-corrected chi connectivity index (χ4v) is 2.73. The molecule has 0 saturated carbocycles. The Bertz CT molecular complexity index is 894. The van der Waals surface area contributed by atoms with Crippen LogP contribution in [0.2, 0.25) is 0 Å². The minimum Gasteiger partial charge on any atom is -0.508 e. The van der Waals surface area contributed by atoms with Gasteiger partial charge in [0.15, 0.2) is 0 Å². The highest BCUT2D eigenvalue weighted by atomic mass is 32.2.